The summed E-state index contributed by atoms with van der Waals surface area (Å²) in [6.45, 7) is 11.5. The lowest BCUT2D eigenvalue weighted by atomic mass is 9.99. The Balaban J connectivity index is 2.68. The van der Waals surface area contributed by atoms with Crippen LogP contribution in [0, 0.1) is 19.8 Å². The van der Waals surface area contributed by atoms with Gasteiger partial charge in [-0.05, 0) is 51.3 Å². The molecule has 1 N–H and O–H groups in total. The minimum Gasteiger partial charge on any atom is -0.387 e. The van der Waals surface area contributed by atoms with Crippen LogP contribution in [0.2, 0.25) is 0 Å². The Morgan fingerprint density at radius 1 is 1.16 bits per heavy atom. The van der Waals surface area contributed by atoms with Crippen LogP contribution < -0.4 is 0 Å². The van der Waals surface area contributed by atoms with E-state index in [4.69, 9.17) is 0 Å². The second-order valence-electron chi connectivity index (χ2n) is 6.29. The fourth-order valence-electron chi connectivity index (χ4n) is 2.53. The van der Waals surface area contributed by atoms with Crippen molar-refractivity contribution in [1.82, 2.24) is 4.90 Å². The number of aryl methyl sites for hydroxylation is 2. The zero-order chi connectivity index (χ0) is 14.6. The maximum Gasteiger partial charge on any atom is 0.0919 e. The lowest BCUT2D eigenvalue weighted by Crippen LogP contribution is -2.34. The predicted molar refractivity (Wildman–Crippen MR) is 82.4 cm³/mol. The molecule has 108 valence electrons. The molecule has 0 aliphatic rings. The molecule has 0 heterocycles. The lowest BCUT2D eigenvalue weighted by molar-refractivity contribution is 0.102. The van der Waals surface area contributed by atoms with Crippen molar-refractivity contribution in [2.24, 2.45) is 5.92 Å². The number of aliphatic hydroxyl groups excluding tert-OH is 1. The zero-order valence-electron chi connectivity index (χ0n) is 13.3. The highest BCUT2D eigenvalue weighted by molar-refractivity contribution is 5.32. The monoisotopic (exact) mass is 263 g/mol. The molecule has 0 spiro atoms. The molecule has 0 radical (unpaired) electrons. The van der Waals surface area contributed by atoms with Gasteiger partial charge in [0.1, 0.15) is 0 Å². The van der Waals surface area contributed by atoms with E-state index in [0.29, 0.717) is 18.5 Å². The zero-order valence-corrected chi connectivity index (χ0v) is 13.3. The Hall–Kier alpha value is -0.860. The van der Waals surface area contributed by atoms with Gasteiger partial charge in [0.2, 0.25) is 0 Å². The summed E-state index contributed by atoms with van der Waals surface area (Å²) in [5, 5.41) is 10.4. The third-order valence-electron chi connectivity index (χ3n) is 3.82. The molecule has 0 saturated heterocycles. The Morgan fingerprint density at radius 2 is 1.79 bits per heavy atom. The first-order chi connectivity index (χ1) is 8.81. The van der Waals surface area contributed by atoms with Gasteiger partial charge < -0.3 is 10.0 Å². The molecule has 1 aromatic rings. The third-order valence-corrected chi connectivity index (χ3v) is 3.82. The largest absolute Gasteiger partial charge is 0.387 e. The molecule has 1 rings (SSSR count). The van der Waals surface area contributed by atoms with Crippen molar-refractivity contribution in [2.75, 3.05) is 13.6 Å². The normalized spacial score (nSPS) is 15.0. The molecule has 0 aliphatic heterocycles. The first-order valence-electron chi connectivity index (χ1n) is 7.26. The number of aliphatic hydroxyl groups is 1. The van der Waals surface area contributed by atoms with Gasteiger partial charge in [0, 0.05) is 12.6 Å². The summed E-state index contributed by atoms with van der Waals surface area (Å²) in [4.78, 5) is 2.26. The summed E-state index contributed by atoms with van der Waals surface area (Å²) in [6, 6.07) is 6.78. The summed E-state index contributed by atoms with van der Waals surface area (Å²) in [5.74, 6) is 0.690. The highest BCUT2D eigenvalue weighted by Gasteiger charge is 2.17. The Bertz CT molecular complexity index is 400. The van der Waals surface area contributed by atoms with Gasteiger partial charge >= 0.3 is 0 Å². The number of benzene rings is 1. The summed E-state index contributed by atoms with van der Waals surface area (Å²) in [5.41, 5.74) is 3.43. The van der Waals surface area contributed by atoms with Crippen LogP contribution in [0.1, 0.15) is 50.0 Å². The minimum atomic E-state index is -0.403. The van der Waals surface area contributed by atoms with Crippen molar-refractivity contribution >= 4 is 0 Å². The first-order valence-corrected chi connectivity index (χ1v) is 7.26. The van der Waals surface area contributed by atoms with Crippen LogP contribution in [0.25, 0.3) is 0 Å². The van der Waals surface area contributed by atoms with E-state index in [1.54, 1.807) is 0 Å². The summed E-state index contributed by atoms with van der Waals surface area (Å²) >= 11 is 0. The average Bonchev–Trinajstić information content (AvgIpc) is 2.31. The molecule has 2 unspecified atom stereocenters. The molecule has 0 fully saturated rings. The molecule has 2 nitrogen and oxygen atoms in total. The molecule has 2 heteroatoms. The number of likely N-dealkylation sites (N-methyl/N-ethyl adjacent to an activating group) is 1. The molecule has 0 saturated carbocycles. The maximum atomic E-state index is 10.4. The highest BCUT2D eigenvalue weighted by atomic mass is 16.3. The quantitative estimate of drug-likeness (QED) is 0.846. The number of nitrogens with zero attached hydrogens (tertiary/aromatic N) is 1. The summed E-state index contributed by atoms with van der Waals surface area (Å²) in [6.07, 6.45) is 0.759. The van der Waals surface area contributed by atoms with Gasteiger partial charge in [-0.3, -0.25) is 0 Å². The van der Waals surface area contributed by atoms with Crippen LogP contribution in [-0.2, 0) is 0 Å². The highest BCUT2D eigenvalue weighted by Crippen LogP contribution is 2.21. The van der Waals surface area contributed by atoms with Gasteiger partial charge in [-0.25, -0.2) is 0 Å². The van der Waals surface area contributed by atoms with E-state index in [1.807, 2.05) is 0 Å². The van der Waals surface area contributed by atoms with Gasteiger partial charge in [-0.1, -0.05) is 37.6 Å². The fraction of sp³-hybridized carbons (Fsp3) is 0.647. The number of rotatable bonds is 6. The topological polar surface area (TPSA) is 23.5 Å². The standard InChI is InChI=1S/C17H29NO/c1-12(2)9-15(5)18(6)11-17(19)16-10-13(3)7-8-14(16)4/h7-8,10,12,15,17,19H,9,11H2,1-6H3. The Morgan fingerprint density at radius 3 is 2.37 bits per heavy atom. The van der Waals surface area contributed by atoms with Crippen LogP contribution in [0.15, 0.2) is 18.2 Å². The Labute approximate surface area is 118 Å². The molecular formula is C17H29NO. The molecule has 0 aliphatic carbocycles. The van der Waals surface area contributed by atoms with Crippen molar-refractivity contribution in [3.05, 3.63) is 34.9 Å². The second-order valence-corrected chi connectivity index (χ2v) is 6.29. The minimum absolute atomic E-state index is 0.403. The molecule has 1 aromatic carbocycles. The smallest absolute Gasteiger partial charge is 0.0919 e. The SMILES string of the molecule is Cc1ccc(C)c(C(O)CN(C)C(C)CC(C)C)c1. The van der Waals surface area contributed by atoms with E-state index in [9.17, 15) is 5.11 Å². The first kappa shape index (κ1) is 16.2. The number of hydrogen-bond acceptors (Lipinski definition) is 2. The van der Waals surface area contributed by atoms with Crippen LogP contribution in [0.3, 0.4) is 0 Å². The molecule has 2 atom stereocenters. The van der Waals surface area contributed by atoms with E-state index in [0.717, 1.165) is 12.0 Å². The van der Waals surface area contributed by atoms with Crippen molar-refractivity contribution in [2.45, 2.75) is 53.2 Å². The molecule has 0 bridgehead atoms. The van der Waals surface area contributed by atoms with Crippen molar-refractivity contribution in [1.29, 1.82) is 0 Å². The summed E-state index contributed by atoms with van der Waals surface area (Å²) in [7, 11) is 2.10. The van der Waals surface area contributed by atoms with Crippen LogP contribution in [0.5, 0.6) is 0 Å². The average molecular weight is 263 g/mol. The van der Waals surface area contributed by atoms with Gasteiger partial charge in [0.05, 0.1) is 6.10 Å². The molecule has 19 heavy (non-hydrogen) atoms. The van der Waals surface area contributed by atoms with Gasteiger partial charge in [-0.2, -0.15) is 0 Å². The molecule has 0 aromatic heterocycles. The summed E-state index contributed by atoms with van der Waals surface area (Å²) < 4.78 is 0. The van der Waals surface area contributed by atoms with Crippen molar-refractivity contribution in [3.63, 3.8) is 0 Å². The number of hydrogen-bond donors (Lipinski definition) is 1. The Kier molecular flexibility index (Phi) is 6.02. The van der Waals surface area contributed by atoms with E-state index >= 15 is 0 Å². The maximum absolute atomic E-state index is 10.4. The predicted octanol–water partition coefficient (Wildman–Crippen LogP) is 3.70. The van der Waals surface area contributed by atoms with Crippen molar-refractivity contribution < 1.29 is 5.11 Å². The van der Waals surface area contributed by atoms with E-state index in [-0.39, 0.29) is 0 Å². The van der Waals surface area contributed by atoms with Gasteiger partial charge in [-0.15, -0.1) is 0 Å². The van der Waals surface area contributed by atoms with Crippen molar-refractivity contribution in [3.8, 4) is 0 Å². The van der Waals surface area contributed by atoms with E-state index in [2.05, 4.69) is 64.8 Å². The van der Waals surface area contributed by atoms with Crippen LogP contribution in [0.4, 0.5) is 0 Å². The van der Waals surface area contributed by atoms with Crippen LogP contribution >= 0.6 is 0 Å². The lowest BCUT2D eigenvalue weighted by Gasteiger charge is -2.28. The molecule has 0 amide bonds. The fourth-order valence-corrected chi connectivity index (χ4v) is 2.53. The van der Waals surface area contributed by atoms with E-state index in [1.165, 1.54) is 11.1 Å². The molecular weight excluding hydrogens is 234 g/mol. The second kappa shape index (κ2) is 7.06. The van der Waals surface area contributed by atoms with E-state index < -0.39 is 6.10 Å². The van der Waals surface area contributed by atoms with Crippen LogP contribution in [-0.4, -0.2) is 29.6 Å². The van der Waals surface area contributed by atoms with Gasteiger partial charge in [0.15, 0.2) is 0 Å². The van der Waals surface area contributed by atoms with Gasteiger partial charge in [0.25, 0.3) is 0 Å². The third kappa shape index (κ3) is 4.96.